The molecule has 0 aromatic heterocycles. The second-order valence-corrected chi connectivity index (χ2v) is 6.34. The van der Waals surface area contributed by atoms with Crippen molar-refractivity contribution in [2.75, 3.05) is 5.32 Å². The summed E-state index contributed by atoms with van der Waals surface area (Å²) in [7, 11) is 0. The number of benzene rings is 1. The minimum absolute atomic E-state index is 0.0535. The van der Waals surface area contributed by atoms with Crippen molar-refractivity contribution >= 4 is 17.9 Å². The maximum absolute atomic E-state index is 12.5. The van der Waals surface area contributed by atoms with Crippen LogP contribution in [-0.4, -0.2) is 22.4 Å². The van der Waals surface area contributed by atoms with Gasteiger partial charge in [-0.3, -0.25) is 9.59 Å². The Morgan fingerprint density at radius 2 is 1.70 bits per heavy atom. The Labute approximate surface area is 136 Å². The Hall–Kier alpha value is -2.04. The molecule has 0 unspecified atom stereocenters. The van der Waals surface area contributed by atoms with Crippen molar-refractivity contribution < 1.29 is 19.8 Å². The molecule has 126 valence electrons. The van der Waals surface area contributed by atoms with Gasteiger partial charge in [0.05, 0.1) is 11.3 Å². The summed E-state index contributed by atoms with van der Waals surface area (Å²) in [6.07, 6.45) is 10.1. The Morgan fingerprint density at radius 3 is 2.30 bits per heavy atom. The average Bonchev–Trinajstić information content (AvgIpc) is 2.64. The van der Waals surface area contributed by atoms with Crippen LogP contribution in [-0.2, 0) is 4.79 Å². The largest absolute Gasteiger partial charge is 0.508 e. The second-order valence-electron chi connectivity index (χ2n) is 6.34. The van der Waals surface area contributed by atoms with E-state index in [0.717, 1.165) is 25.7 Å². The van der Waals surface area contributed by atoms with Crippen LogP contribution in [0.25, 0.3) is 0 Å². The fourth-order valence-corrected chi connectivity index (χ4v) is 3.30. The van der Waals surface area contributed by atoms with Gasteiger partial charge in [0.2, 0.25) is 6.41 Å². The number of ketones is 1. The first-order chi connectivity index (χ1) is 11.1. The normalized spacial score (nSPS) is 16.9. The Bertz CT molecular complexity index is 546. The van der Waals surface area contributed by atoms with Gasteiger partial charge in [-0.25, -0.2) is 0 Å². The molecule has 1 aromatic rings. The second kappa shape index (κ2) is 8.56. The van der Waals surface area contributed by atoms with Crippen LogP contribution >= 0.6 is 0 Å². The van der Waals surface area contributed by atoms with Crippen LogP contribution in [0.5, 0.6) is 11.5 Å². The predicted molar refractivity (Wildman–Crippen MR) is 88.8 cm³/mol. The summed E-state index contributed by atoms with van der Waals surface area (Å²) in [6.45, 7) is 0. The number of hydrogen-bond donors (Lipinski definition) is 3. The fraction of sp³-hybridized carbons (Fsp3) is 0.556. The van der Waals surface area contributed by atoms with Crippen LogP contribution in [0.4, 0.5) is 5.69 Å². The van der Waals surface area contributed by atoms with E-state index in [-0.39, 0.29) is 28.5 Å². The first-order valence-electron chi connectivity index (χ1n) is 8.41. The lowest BCUT2D eigenvalue weighted by Crippen LogP contribution is -2.10. The van der Waals surface area contributed by atoms with Crippen LogP contribution in [0.2, 0.25) is 0 Å². The van der Waals surface area contributed by atoms with E-state index >= 15 is 0 Å². The number of phenols is 2. The molecule has 0 atom stereocenters. The molecule has 3 N–H and O–H groups in total. The lowest BCUT2D eigenvalue weighted by molar-refractivity contribution is -0.105. The summed E-state index contributed by atoms with van der Waals surface area (Å²) in [4.78, 5) is 23.1. The fourth-order valence-electron chi connectivity index (χ4n) is 3.30. The van der Waals surface area contributed by atoms with E-state index in [9.17, 15) is 19.8 Å². The van der Waals surface area contributed by atoms with Gasteiger partial charge in [-0.05, 0) is 12.0 Å². The van der Waals surface area contributed by atoms with Crippen LogP contribution < -0.4 is 5.32 Å². The highest BCUT2D eigenvalue weighted by atomic mass is 16.3. The van der Waals surface area contributed by atoms with Crippen molar-refractivity contribution in [3.8, 4) is 11.5 Å². The average molecular weight is 319 g/mol. The zero-order chi connectivity index (χ0) is 16.7. The van der Waals surface area contributed by atoms with Gasteiger partial charge in [-0.15, -0.1) is 0 Å². The summed E-state index contributed by atoms with van der Waals surface area (Å²) in [5, 5.41) is 22.1. The molecule has 23 heavy (non-hydrogen) atoms. The topological polar surface area (TPSA) is 86.6 Å². The highest BCUT2D eigenvalue weighted by molar-refractivity contribution is 6.01. The Balaban J connectivity index is 2.11. The van der Waals surface area contributed by atoms with Crippen molar-refractivity contribution in [3.05, 3.63) is 17.7 Å². The molecule has 0 aliphatic heterocycles. The summed E-state index contributed by atoms with van der Waals surface area (Å²) in [6, 6.07) is 2.49. The number of phenolic OH excluding ortho intramolecular Hbond substituents is 2. The molecule has 0 bridgehead atoms. The molecule has 1 aromatic carbocycles. The van der Waals surface area contributed by atoms with Crippen molar-refractivity contribution in [2.24, 2.45) is 5.92 Å². The predicted octanol–water partition coefficient (Wildman–Crippen LogP) is 3.99. The van der Waals surface area contributed by atoms with Crippen LogP contribution in [0.15, 0.2) is 12.1 Å². The number of Topliss-reactive ketones (excluding diaryl/α,β-unsaturated/α-hetero) is 1. The van der Waals surface area contributed by atoms with E-state index in [4.69, 9.17) is 0 Å². The molecule has 1 saturated carbocycles. The number of aromatic hydroxyl groups is 2. The minimum Gasteiger partial charge on any atom is -0.508 e. The third kappa shape index (κ3) is 4.98. The Kier molecular flexibility index (Phi) is 6.44. The molecule has 1 aliphatic carbocycles. The molecule has 0 radical (unpaired) electrons. The van der Waals surface area contributed by atoms with Crippen molar-refractivity contribution in [2.45, 2.75) is 57.8 Å². The molecule has 0 spiro atoms. The van der Waals surface area contributed by atoms with E-state index in [0.29, 0.717) is 18.7 Å². The Morgan fingerprint density at radius 1 is 1.09 bits per heavy atom. The summed E-state index contributed by atoms with van der Waals surface area (Å²) < 4.78 is 0. The molecule has 5 nitrogen and oxygen atoms in total. The van der Waals surface area contributed by atoms with E-state index in [1.54, 1.807) is 0 Å². The first-order valence-corrected chi connectivity index (χ1v) is 8.41. The molecule has 0 saturated heterocycles. The van der Waals surface area contributed by atoms with Crippen LogP contribution in [0.3, 0.4) is 0 Å². The zero-order valence-electron chi connectivity index (χ0n) is 13.4. The van der Waals surface area contributed by atoms with Gasteiger partial charge in [0.1, 0.15) is 11.5 Å². The third-order valence-corrected chi connectivity index (χ3v) is 4.56. The quantitative estimate of drug-likeness (QED) is 0.331. The highest BCUT2D eigenvalue weighted by Gasteiger charge is 2.21. The van der Waals surface area contributed by atoms with Gasteiger partial charge in [0.15, 0.2) is 5.78 Å². The molecule has 1 amide bonds. The maximum atomic E-state index is 12.5. The number of hydrogen-bond acceptors (Lipinski definition) is 4. The van der Waals surface area contributed by atoms with E-state index in [1.807, 2.05) is 0 Å². The molecule has 0 heterocycles. The van der Waals surface area contributed by atoms with Crippen LogP contribution in [0.1, 0.15) is 68.1 Å². The van der Waals surface area contributed by atoms with Gasteiger partial charge < -0.3 is 15.5 Å². The third-order valence-electron chi connectivity index (χ3n) is 4.56. The standard InChI is InChI=1S/C18H25NO4/c20-12-19-16-11-14(21)10-15(18(16)23)17(22)9-13-7-5-3-1-2-4-6-8-13/h10-13,21,23H,1-9H2,(H,19,20). The number of carbonyl (C=O) groups is 2. The summed E-state index contributed by atoms with van der Waals surface area (Å²) in [5.41, 5.74) is 0.132. The minimum atomic E-state index is -0.275. The smallest absolute Gasteiger partial charge is 0.211 e. The van der Waals surface area contributed by atoms with Gasteiger partial charge in [-0.1, -0.05) is 51.4 Å². The lowest BCUT2D eigenvalue weighted by atomic mass is 9.89. The van der Waals surface area contributed by atoms with Gasteiger partial charge >= 0.3 is 0 Å². The first kappa shape index (κ1) is 17.3. The molecular weight excluding hydrogens is 294 g/mol. The van der Waals surface area contributed by atoms with Crippen molar-refractivity contribution in [1.82, 2.24) is 0 Å². The summed E-state index contributed by atoms with van der Waals surface area (Å²) in [5.74, 6) is -0.283. The SMILES string of the molecule is O=CNc1cc(O)cc(C(=O)CC2CCCCCCCC2)c1O. The number of rotatable bonds is 5. The van der Waals surface area contributed by atoms with E-state index in [2.05, 4.69) is 5.32 Å². The number of amides is 1. The number of nitrogens with one attached hydrogen (secondary N) is 1. The molecular formula is C18H25NO4. The zero-order valence-corrected chi connectivity index (χ0v) is 13.4. The number of carbonyl (C=O) groups excluding carboxylic acids is 2. The van der Waals surface area contributed by atoms with Crippen molar-refractivity contribution in [1.29, 1.82) is 0 Å². The monoisotopic (exact) mass is 319 g/mol. The van der Waals surface area contributed by atoms with E-state index < -0.39 is 0 Å². The van der Waals surface area contributed by atoms with Crippen molar-refractivity contribution in [3.63, 3.8) is 0 Å². The maximum Gasteiger partial charge on any atom is 0.211 e. The molecule has 1 fully saturated rings. The lowest BCUT2D eigenvalue weighted by Gasteiger charge is -2.16. The molecule has 5 heteroatoms. The number of anilines is 1. The summed E-state index contributed by atoms with van der Waals surface area (Å²) >= 11 is 0. The van der Waals surface area contributed by atoms with Crippen LogP contribution in [0, 0.1) is 5.92 Å². The highest BCUT2D eigenvalue weighted by Crippen LogP contribution is 2.34. The van der Waals surface area contributed by atoms with E-state index in [1.165, 1.54) is 37.8 Å². The molecule has 2 rings (SSSR count). The van der Waals surface area contributed by atoms with Gasteiger partial charge in [0, 0.05) is 12.5 Å². The van der Waals surface area contributed by atoms with Gasteiger partial charge in [-0.2, -0.15) is 0 Å². The van der Waals surface area contributed by atoms with Gasteiger partial charge in [0.25, 0.3) is 0 Å². The molecule has 1 aliphatic rings.